The van der Waals surface area contributed by atoms with Gasteiger partial charge in [-0.2, -0.15) is 8.78 Å². The van der Waals surface area contributed by atoms with Crippen LogP contribution in [0.1, 0.15) is 26.7 Å². The van der Waals surface area contributed by atoms with Gasteiger partial charge < -0.3 is 10.6 Å². The van der Waals surface area contributed by atoms with Crippen molar-refractivity contribution < 1.29 is 22.4 Å². The number of hydrogen-bond donors (Lipinski definition) is 1. The van der Waals surface area contributed by atoms with Gasteiger partial charge in [-0.15, -0.1) is 24.8 Å². The third kappa shape index (κ3) is 5.89. The van der Waals surface area contributed by atoms with Crippen LogP contribution in [0.15, 0.2) is 0 Å². The summed E-state index contributed by atoms with van der Waals surface area (Å²) in [6, 6.07) is 0. The Labute approximate surface area is 152 Å². The SMILES string of the molecule is CCC(CC)(CN)C(=O)N1CCN(CC(F)(F)C(F)F)CC1.Cl.Cl. The van der Waals surface area contributed by atoms with Crippen molar-refractivity contribution in [2.24, 2.45) is 11.1 Å². The quantitative estimate of drug-likeness (QED) is 0.669. The number of carbonyl (C=O) groups is 1. The summed E-state index contributed by atoms with van der Waals surface area (Å²) in [7, 11) is 0. The van der Waals surface area contributed by atoms with Gasteiger partial charge in [0.15, 0.2) is 0 Å². The van der Waals surface area contributed by atoms with E-state index in [9.17, 15) is 22.4 Å². The summed E-state index contributed by atoms with van der Waals surface area (Å²) in [4.78, 5) is 15.5. The zero-order valence-corrected chi connectivity index (χ0v) is 15.6. The molecule has 0 radical (unpaired) electrons. The Morgan fingerprint density at radius 1 is 1.08 bits per heavy atom. The summed E-state index contributed by atoms with van der Waals surface area (Å²) in [6.45, 7) is 3.92. The number of carbonyl (C=O) groups excluding carboxylic acids is 1. The normalized spacial score (nSPS) is 16.6. The van der Waals surface area contributed by atoms with Crippen molar-refractivity contribution in [2.75, 3.05) is 39.3 Å². The van der Waals surface area contributed by atoms with Crippen LogP contribution in [0.3, 0.4) is 0 Å². The molecule has 0 aromatic carbocycles. The predicted octanol–water partition coefficient (Wildman–Crippen LogP) is 2.64. The lowest BCUT2D eigenvalue weighted by Gasteiger charge is -2.40. The average molecular weight is 400 g/mol. The highest BCUT2D eigenvalue weighted by Crippen LogP contribution is 2.29. The van der Waals surface area contributed by atoms with Crippen molar-refractivity contribution in [3.05, 3.63) is 0 Å². The van der Waals surface area contributed by atoms with Gasteiger partial charge in [-0.3, -0.25) is 9.69 Å². The molecule has 1 heterocycles. The molecule has 2 N–H and O–H groups in total. The smallest absolute Gasteiger partial charge is 0.319 e. The third-order valence-electron chi connectivity index (χ3n) is 4.61. The fraction of sp³-hybridized carbons (Fsp3) is 0.929. The maximum atomic E-state index is 13.1. The number of hydrogen-bond acceptors (Lipinski definition) is 3. The number of nitrogens with zero attached hydrogens (tertiary/aromatic N) is 2. The van der Waals surface area contributed by atoms with E-state index in [0.29, 0.717) is 12.8 Å². The van der Waals surface area contributed by atoms with Crippen LogP contribution in [0.5, 0.6) is 0 Å². The van der Waals surface area contributed by atoms with Crippen molar-refractivity contribution in [3.63, 3.8) is 0 Å². The van der Waals surface area contributed by atoms with Crippen molar-refractivity contribution in [1.82, 2.24) is 9.80 Å². The van der Waals surface area contributed by atoms with Crippen molar-refractivity contribution in [3.8, 4) is 0 Å². The van der Waals surface area contributed by atoms with Crippen LogP contribution in [0.4, 0.5) is 17.6 Å². The van der Waals surface area contributed by atoms with Gasteiger partial charge in [0.25, 0.3) is 0 Å². The number of nitrogens with two attached hydrogens (primary N) is 1. The highest BCUT2D eigenvalue weighted by atomic mass is 35.5. The first-order valence-electron chi connectivity index (χ1n) is 7.60. The number of halogens is 6. The summed E-state index contributed by atoms with van der Waals surface area (Å²) in [5.74, 6) is -4.08. The molecule has 1 fully saturated rings. The minimum Gasteiger partial charge on any atom is -0.340 e. The average Bonchev–Trinajstić information content (AvgIpc) is 2.49. The fourth-order valence-electron chi connectivity index (χ4n) is 2.74. The topological polar surface area (TPSA) is 49.6 Å². The van der Waals surface area contributed by atoms with E-state index in [1.807, 2.05) is 13.8 Å². The van der Waals surface area contributed by atoms with E-state index in [1.54, 1.807) is 4.90 Å². The highest BCUT2D eigenvalue weighted by Gasteiger charge is 2.43. The molecule has 0 aromatic heterocycles. The van der Waals surface area contributed by atoms with Gasteiger partial charge in [0, 0.05) is 32.7 Å². The van der Waals surface area contributed by atoms with Gasteiger partial charge in [0.1, 0.15) is 0 Å². The van der Waals surface area contributed by atoms with Crippen molar-refractivity contribution in [2.45, 2.75) is 39.0 Å². The van der Waals surface area contributed by atoms with E-state index in [2.05, 4.69) is 0 Å². The minimum absolute atomic E-state index is 0. The Bertz CT molecular complexity index is 369. The summed E-state index contributed by atoms with van der Waals surface area (Å²) in [5.41, 5.74) is 5.12. The number of rotatable bonds is 7. The minimum atomic E-state index is -4.01. The zero-order chi connectivity index (χ0) is 17.0. The molecule has 10 heteroatoms. The Morgan fingerprint density at radius 2 is 1.54 bits per heavy atom. The van der Waals surface area contributed by atoms with Crippen LogP contribution >= 0.6 is 24.8 Å². The molecule has 0 spiro atoms. The fourth-order valence-corrected chi connectivity index (χ4v) is 2.74. The Hall–Kier alpha value is -0.310. The second-order valence-electron chi connectivity index (χ2n) is 5.82. The lowest BCUT2D eigenvalue weighted by Crippen LogP contribution is -2.56. The van der Waals surface area contributed by atoms with Crippen LogP contribution in [0.2, 0.25) is 0 Å². The lowest BCUT2D eigenvalue weighted by molar-refractivity contribution is -0.152. The van der Waals surface area contributed by atoms with Gasteiger partial charge in [-0.05, 0) is 12.8 Å². The van der Waals surface area contributed by atoms with Gasteiger partial charge in [0.05, 0.1) is 12.0 Å². The van der Waals surface area contributed by atoms with E-state index in [1.165, 1.54) is 4.90 Å². The van der Waals surface area contributed by atoms with Gasteiger partial charge in [-0.1, -0.05) is 13.8 Å². The number of alkyl halides is 4. The lowest BCUT2D eigenvalue weighted by atomic mass is 9.81. The maximum Gasteiger partial charge on any atom is 0.319 e. The van der Waals surface area contributed by atoms with Crippen molar-refractivity contribution in [1.29, 1.82) is 0 Å². The standard InChI is InChI=1S/C14H25F4N3O.2ClH/c1-3-13(4-2,9-19)12(22)21-7-5-20(6-8-21)10-14(17,18)11(15)16;;/h11H,3-10,19H2,1-2H3;2*1H. The molecule has 1 aliphatic heterocycles. The van der Waals surface area contributed by atoms with Crippen LogP contribution in [0.25, 0.3) is 0 Å². The third-order valence-corrected chi connectivity index (χ3v) is 4.61. The Balaban J connectivity index is 0. The Kier molecular flexibility index (Phi) is 11.5. The monoisotopic (exact) mass is 399 g/mol. The van der Waals surface area contributed by atoms with E-state index < -0.39 is 24.3 Å². The first-order valence-corrected chi connectivity index (χ1v) is 7.60. The molecular weight excluding hydrogens is 373 g/mol. The Morgan fingerprint density at radius 3 is 1.88 bits per heavy atom. The summed E-state index contributed by atoms with van der Waals surface area (Å²) in [6.07, 6.45) is -2.44. The van der Waals surface area contributed by atoms with Gasteiger partial charge in [-0.25, -0.2) is 8.78 Å². The van der Waals surface area contributed by atoms with Crippen LogP contribution < -0.4 is 5.73 Å². The van der Waals surface area contributed by atoms with E-state index in [-0.39, 0.29) is 63.4 Å². The second kappa shape index (κ2) is 10.6. The molecule has 1 saturated heterocycles. The zero-order valence-electron chi connectivity index (χ0n) is 13.9. The summed E-state index contributed by atoms with van der Waals surface area (Å²) in [5, 5.41) is 0. The molecule has 1 aliphatic rings. The van der Waals surface area contributed by atoms with Gasteiger partial charge in [0.2, 0.25) is 5.91 Å². The largest absolute Gasteiger partial charge is 0.340 e. The van der Waals surface area contributed by atoms with Crippen LogP contribution in [0, 0.1) is 5.41 Å². The van der Waals surface area contributed by atoms with E-state index >= 15 is 0 Å². The van der Waals surface area contributed by atoms with Crippen LogP contribution in [-0.2, 0) is 4.79 Å². The molecule has 1 rings (SSSR count). The van der Waals surface area contributed by atoms with Crippen molar-refractivity contribution >= 4 is 30.7 Å². The maximum absolute atomic E-state index is 13.1. The molecule has 0 unspecified atom stereocenters. The first kappa shape index (κ1) is 25.9. The molecule has 0 saturated carbocycles. The molecule has 4 nitrogen and oxygen atoms in total. The van der Waals surface area contributed by atoms with E-state index in [4.69, 9.17) is 5.73 Å². The van der Waals surface area contributed by atoms with E-state index in [0.717, 1.165) is 0 Å². The van der Waals surface area contributed by atoms with Crippen LogP contribution in [-0.4, -0.2) is 67.3 Å². The second-order valence-corrected chi connectivity index (χ2v) is 5.82. The molecule has 0 bridgehead atoms. The molecule has 1 amide bonds. The highest BCUT2D eigenvalue weighted by molar-refractivity contribution is 5.85. The first-order chi connectivity index (χ1) is 10.2. The predicted molar refractivity (Wildman–Crippen MR) is 90.5 cm³/mol. The summed E-state index contributed by atoms with van der Waals surface area (Å²) >= 11 is 0. The molecule has 24 heavy (non-hydrogen) atoms. The molecule has 0 atom stereocenters. The molecule has 0 aliphatic carbocycles. The number of amides is 1. The summed E-state index contributed by atoms with van der Waals surface area (Å²) < 4.78 is 50.5. The van der Waals surface area contributed by atoms with Gasteiger partial charge >= 0.3 is 12.3 Å². The number of piperazine rings is 1. The molecule has 146 valence electrons. The molecule has 0 aromatic rings. The molecular formula is C14H27Cl2F4N3O.